The molecule has 0 fully saturated rings. The molecule has 308 valence electrons. The summed E-state index contributed by atoms with van der Waals surface area (Å²) in [4.78, 5) is 0. The minimum absolute atomic E-state index is 0. The Balaban J connectivity index is 0.00000264. The number of allylic oxidation sites excluding steroid dienone is 4. The van der Waals surface area contributed by atoms with Crippen LogP contribution in [0.5, 0.6) is 0 Å². The quantitative estimate of drug-likeness (QED) is 0.156. The van der Waals surface area contributed by atoms with E-state index in [9.17, 15) is 0 Å². The van der Waals surface area contributed by atoms with E-state index in [1.165, 1.54) is 82.7 Å². The van der Waals surface area contributed by atoms with Crippen molar-refractivity contribution in [2.75, 3.05) is 0 Å². The van der Waals surface area contributed by atoms with Gasteiger partial charge in [-0.2, -0.15) is 0 Å². The van der Waals surface area contributed by atoms with Gasteiger partial charge in [-0.3, -0.25) is 0 Å². The fourth-order valence-electron chi connectivity index (χ4n) is 10.0. The summed E-state index contributed by atoms with van der Waals surface area (Å²) in [6.45, 7) is 14.4. The second kappa shape index (κ2) is 17.3. The molecule has 0 spiro atoms. The number of benzene rings is 8. The Morgan fingerprint density at radius 3 is 1.56 bits per heavy atom. The maximum atomic E-state index is 2.62. The Hall–Kier alpha value is -4.91. The van der Waals surface area contributed by atoms with Crippen molar-refractivity contribution in [1.82, 2.24) is 0 Å². The van der Waals surface area contributed by atoms with Crippen LogP contribution in [0, 0.1) is 0 Å². The van der Waals surface area contributed by atoms with Crippen molar-refractivity contribution in [2.45, 2.75) is 65.2 Å². The van der Waals surface area contributed by atoms with Crippen LogP contribution in [0.1, 0.15) is 81.3 Å². The van der Waals surface area contributed by atoms with Crippen molar-refractivity contribution in [3.63, 3.8) is 0 Å². The summed E-state index contributed by atoms with van der Waals surface area (Å²) < 4.78 is 4.85. The van der Waals surface area contributed by atoms with E-state index < -0.39 is 21.3 Å². The molecule has 0 N–H and O–H groups in total. The van der Waals surface area contributed by atoms with Gasteiger partial charge in [-0.05, 0) is 0 Å². The summed E-state index contributed by atoms with van der Waals surface area (Å²) in [7, 11) is 0. The zero-order valence-electron chi connectivity index (χ0n) is 36.6. The third kappa shape index (κ3) is 7.76. The molecule has 2 aliphatic rings. The van der Waals surface area contributed by atoms with E-state index in [-0.39, 0.29) is 35.6 Å². The van der Waals surface area contributed by atoms with Crippen LogP contribution in [0.2, 0.25) is 0 Å². The molecule has 0 saturated carbocycles. The summed E-state index contributed by atoms with van der Waals surface area (Å²) >= 11 is -3.26. The first kappa shape index (κ1) is 43.7. The van der Waals surface area contributed by atoms with Crippen LogP contribution in [-0.4, -0.2) is 3.21 Å². The Morgan fingerprint density at radius 2 is 1.02 bits per heavy atom. The molecule has 10 rings (SSSR count). The van der Waals surface area contributed by atoms with Gasteiger partial charge >= 0.3 is 367 Å². The van der Waals surface area contributed by atoms with Crippen LogP contribution in [0.25, 0.3) is 54.9 Å². The van der Waals surface area contributed by atoms with Crippen molar-refractivity contribution in [3.05, 3.63) is 219 Å². The Kier molecular flexibility index (Phi) is 12.2. The predicted molar refractivity (Wildman–Crippen MR) is 270 cm³/mol. The van der Waals surface area contributed by atoms with Crippen LogP contribution >= 0.6 is 24.8 Å². The van der Waals surface area contributed by atoms with Gasteiger partial charge in [-0.15, -0.1) is 24.8 Å². The first-order valence-corrected chi connectivity index (χ1v) is 25.3. The van der Waals surface area contributed by atoms with Crippen molar-refractivity contribution in [3.8, 4) is 33.4 Å². The third-order valence-corrected chi connectivity index (χ3v) is 20.4. The van der Waals surface area contributed by atoms with Gasteiger partial charge in [0.15, 0.2) is 0 Å². The minimum Gasteiger partial charge on any atom is -0.147 e. The number of rotatable bonds is 6. The summed E-state index contributed by atoms with van der Waals surface area (Å²) in [6.07, 6.45) is 9.19. The fraction of sp³-hybridized carbons (Fsp3) is 0.169. The van der Waals surface area contributed by atoms with Crippen molar-refractivity contribution in [2.24, 2.45) is 0 Å². The molecule has 0 radical (unpaired) electrons. The molecule has 0 aliphatic heterocycles. The Morgan fingerprint density at radius 1 is 0.500 bits per heavy atom. The predicted octanol–water partition coefficient (Wildman–Crippen LogP) is 15.7. The smallest absolute Gasteiger partial charge is 0.147 e. The van der Waals surface area contributed by atoms with E-state index >= 15 is 0 Å². The van der Waals surface area contributed by atoms with Crippen LogP contribution in [-0.2, 0) is 38.5 Å². The molecule has 0 aromatic heterocycles. The van der Waals surface area contributed by atoms with Gasteiger partial charge in [-0.25, -0.2) is 0 Å². The molecule has 8 aromatic carbocycles. The molecule has 2 aliphatic carbocycles. The molecule has 0 bridgehead atoms. The van der Waals surface area contributed by atoms with Crippen molar-refractivity contribution >= 4 is 52.8 Å². The number of fused-ring (bicyclic) bond motifs is 5. The Bertz CT molecular complexity index is 2990. The van der Waals surface area contributed by atoms with Gasteiger partial charge in [0.05, 0.1) is 0 Å². The topological polar surface area (TPSA) is 0 Å². The molecule has 0 unspecified atom stereocenters. The molecule has 62 heavy (non-hydrogen) atoms. The second-order valence-corrected chi connectivity index (χ2v) is 24.7. The molecule has 0 saturated heterocycles. The maximum absolute atomic E-state index is 3.26. The first-order valence-electron chi connectivity index (χ1n) is 21.6. The van der Waals surface area contributed by atoms with E-state index in [2.05, 4.69) is 224 Å². The van der Waals surface area contributed by atoms with Gasteiger partial charge in [0.25, 0.3) is 0 Å². The summed E-state index contributed by atoms with van der Waals surface area (Å²) in [6, 6.07) is 62.5. The van der Waals surface area contributed by atoms with E-state index in [0.717, 1.165) is 12.8 Å². The normalized spacial score (nSPS) is 13.0. The average molecular weight is 925 g/mol. The minimum atomic E-state index is -3.26. The van der Waals surface area contributed by atoms with E-state index in [1.807, 2.05) is 0 Å². The molecular formula is C59H54Cl2Zr. The largest absolute Gasteiger partial charge is 0.147 e. The van der Waals surface area contributed by atoms with Gasteiger partial charge in [-0.1, -0.05) is 0 Å². The summed E-state index contributed by atoms with van der Waals surface area (Å²) in [5, 5.41) is 5.26. The van der Waals surface area contributed by atoms with Crippen LogP contribution in [0.4, 0.5) is 0 Å². The molecule has 3 heteroatoms. The average Bonchev–Trinajstić information content (AvgIpc) is 3.93. The molecule has 0 heterocycles. The standard InChI is InChI=1S/C33H33.C21H14.C5H5.2ClH.Zr/c1-32(2,3)30-20-26-24(18-28(30)22-13-9-7-10-14-22)17-25-19-29(23-15-11-8-12-16-23)31(21-27(25)26)33(4,5)6;1-3-13-20-16(7-1)9-5-11-18(20)15-19-12-6-10-17-8-2-4-14-21(17)19;1-2-4-5-3-1;;;/h7-16,18,20-21H,17H2,1-6H3;1-14H;1-3H,4H2;2*1H;. The van der Waals surface area contributed by atoms with Gasteiger partial charge in [0, 0.05) is 0 Å². The molecule has 0 amide bonds. The molecule has 0 atom stereocenters. The summed E-state index contributed by atoms with van der Waals surface area (Å²) in [5.74, 6) is 0. The van der Waals surface area contributed by atoms with Gasteiger partial charge < -0.3 is 0 Å². The van der Waals surface area contributed by atoms with Crippen molar-refractivity contribution in [1.29, 1.82) is 0 Å². The fourth-order valence-corrected chi connectivity index (χ4v) is 18.6. The molecular weight excluding hydrogens is 871 g/mol. The number of hydrogen-bond acceptors (Lipinski definition) is 0. The van der Waals surface area contributed by atoms with Crippen LogP contribution < -0.4 is 3.27 Å². The van der Waals surface area contributed by atoms with Crippen LogP contribution in [0.3, 0.4) is 0 Å². The zero-order valence-corrected chi connectivity index (χ0v) is 40.6. The zero-order chi connectivity index (χ0) is 41.2. The third-order valence-electron chi connectivity index (χ3n) is 12.8. The SMILES string of the molecule is CC(C)(C)c1cc2c(cc1-c1ccccc1)Cc1c-2cc(C(C)(C)C)c(-c2ccccc2)[c]1[Zr]([C]1=CC=CC1)=[C](c1cccc2ccccc12)c1cccc2ccccc12.Cl.Cl. The number of hydrogen-bond donors (Lipinski definition) is 0. The van der Waals surface area contributed by atoms with Crippen LogP contribution in [0.15, 0.2) is 185 Å². The van der Waals surface area contributed by atoms with Gasteiger partial charge in [0.1, 0.15) is 0 Å². The first-order chi connectivity index (χ1) is 29.1. The summed E-state index contributed by atoms with van der Waals surface area (Å²) in [5.41, 5.74) is 16.8. The van der Waals surface area contributed by atoms with E-state index in [0.29, 0.717) is 0 Å². The number of halogens is 2. The second-order valence-electron chi connectivity index (χ2n) is 18.8. The monoisotopic (exact) mass is 922 g/mol. The molecule has 0 nitrogen and oxygen atoms in total. The maximum Gasteiger partial charge on any atom is -0.147 e. The molecule has 8 aromatic rings. The van der Waals surface area contributed by atoms with Gasteiger partial charge in [0.2, 0.25) is 0 Å². The van der Waals surface area contributed by atoms with E-state index in [4.69, 9.17) is 0 Å². The van der Waals surface area contributed by atoms with E-state index in [1.54, 1.807) is 15.3 Å². The Labute approximate surface area is 388 Å². The van der Waals surface area contributed by atoms with Crippen molar-refractivity contribution < 1.29 is 21.3 Å².